The van der Waals surface area contributed by atoms with Gasteiger partial charge in [-0.15, -0.1) is 11.3 Å². The number of piperidine rings is 1. The molecule has 2 fully saturated rings. The first kappa shape index (κ1) is 17.0. The van der Waals surface area contributed by atoms with E-state index in [0.717, 1.165) is 49.8 Å². The minimum absolute atomic E-state index is 0.0201. The number of nitrogens with two attached hydrogens (primary N) is 1. The van der Waals surface area contributed by atoms with Crippen LogP contribution in [0.2, 0.25) is 0 Å². The van der Waals surface area contributed by atoms with Crippen molar-refractivity contribution in [3.05, 3.63) is 16.0 Å². The Balaban J connectivity index is 1.39. The van der Waals surface area contributed by atoms with E-state index >= 15 is 0 Å². The largest absolute Gasteiger partial charge is 0.365 e. The zero-order chi connectivity index (χ0) is 17.4. The number of hydrogen-bond donors (Lipinski definition) is 3. The SMILES string of the molecule is NC(=O)c1c(NC(=O)C[NH+]2CC[C@@H]3CCCC[C@H]3C2)sc2c1CCC2. The third-order valence-electron chi connectivity index (χ3n) is 6.32. The van der Waals surface area contributed by atoms with E-state index in [-0.39, 0.29) is 5.91 Å². The second-order valence-corrected chi connectivity index (χ2v) is 9.05. The van der Waals surface area contributed by atoms with Crippen LogP contribution in [0.3, 0.4) is 0 Å². The summed E-state index contributed by atoms with van der Waals surface area (Å²) >= 11 is 1.54. The maximum atomic E-state index is 12.6. The van der Waals surface area contributed by atoms with E-state index in [9.17, 15) is 9.59 Å². The zero-order valence-corrected chi connectivity index (χ0v) is 15.6. The molecule has 1 aromatic heterocycles. The number of quaternary nitrogens is 1. The van der Waals surface area contributed by atoms with Gasteiger partial charge in [0.05, 0.1) is 18.7 Å². The highest BCUT2D eigenvalue weighted by atomic mass is 32.1. The molecule has 6 heteroatoms. The van der Waals surface area contributed by atoms with Crippen molar-refractivity contribution in [1.82, 2.24) is 0 Å². The van der Waals surface area contributed by atoms with E-state index in [1.807, 2.05) is 0 Å². The van der Waals surface area contributed by atoms with Crippen LogP contribution in [0.5, 0.6) is 0 Å². The maximum absolute atomic E-state index is 12.6. The van der Waals surface area contributed by atoms with Gasteiger partial charge in [-0.2, -0.15) is 0 Å². The number of hydrogen-bond acceptors (Lipinski definition) is 3. The molecule has 0 aromatic carbocycles. The molecule has 1 saturated carbocycles. The summed E-state index contributed by atoms with van der Waals surface area (Å²) in [5.74, 6) is 1.30. The molecule has 3 atom stereocenters. The summed E-state index contributed by atoms with van der Waals surface area (Å²) < 4.78 is 0. The number of thiophene rings is 1. The lowest BCUT2D eigenvalue weighted by Crippen LogP contribution is -3.15. The molecule has 136 valence electrons. The fourth-order valence-corrected chi connectivity index (χ4v) is 6.42. The lowest BCUT2D eigenvalue weighted by molar-refractivity contribution is -0.902. The number of primary amides is 1. The molecule has 1 aliphatic heterocycles. The van der Waals surface area contributed by atoms with Crippen LogP contribution in [0.1, 0.15) is 59.3 Å². The van der Waals surface area contributed by atoms with Gasteiger partial charge in [0.15, 0.2) is 6.54 Å². The van der Waals surface area contributed by atoms with Crippen molar-refractivity contribution in [2.75, 3.05) is 25.0 Å². The smallest absolute Gasteiger partial charge is 0.280 e. The minimum atomic E-state index is -0.412. The van der Waals surface area contributed by atoms with Crippen molar-refractivity contribution in [2.45, 2.75) is 51.4 Å². The number of rotatable bonds is 4. The summed E-state index contributed by atoms with van der Waals surface area (Å²) in [6, 6.07) is 0. The maximum Gasteiger partial charge on any atom is 0.280 e. The predicted octanol–water partition coefficient (Wildman–Crippen LogP) is 1.37. The Hall–Kier alpha value is -1.40. The van der Waals surface area contributed by atoms with Crippen LogP contribution in [0.15, 0.2) is 0 Å². The summed E-state index contributed by atoms with van der Waals surface area (Å²) in [5.41, 5.74) is 7.21. The van der Waals surface area contributed by atoms with Crippen molar-refractivity contribution in [3.8, 4) is 0 Å². The number of carbonyl (C=O) groups is 2. The highest BCUT2D eigenvalue weighted by Crippen LogP contribution is 2.38. The number of fused-ring (bicyclic) bond motifs is 2. The first-order chi connectivity index (χ1) is 12.1. The molecule has 0 spiro atoms. The molecule has 0 bridgehead atoms. The average Bonchev–Trinajstić information content (AvgIpc) is 3.14. The number of aryl methyl sites for hydroxylation is 1. The van der Waals surface area contributed by atoms with Crippen LogP contribution in [0.25, 0.3) is 0 Å². The van der Waals surface area contributed by atoms with Gasteiger partial charge in [-0.3, -0.25) is 9.59 Å². The number of anilines is 1. The summed E-state index contributed by atoms with van der Waals surface area (Å²) in [7, 11) is 0. The van der Waals surface area contributed by atoms with Crippen LogP contribution in [-0.4, -0.2) is 31.4 Å². The predicted molar refractivity (Wildman–Crippen MR) is 99.1 cm³/mol. The fraction of sp³-hybridized carbons (Fsp3) is 0.684. The molecule has 2 amide bonds. The Morgan fingerprint density at radius 1 is 1.12 bits per heavy atom. The van der Waals surface area contributed by atoms with Crippen LogP contribution in [0.4, 0.5) is 5.00 Å². The average molecular weight is 363 g/mol. The second kappa shape index (κ2) is 7.08. The van der Waals surface area contributed by atoms with E-state index in [4.69, 9.17) is 5.73 Å². The molecule has 3 aliphatic rings. The number of nitrogens with one attached hydrogen (secondary N) is 2. The van der Waals surface area contributed by atoms with Crippen LogP contribution in [-0.2, 0) is 17.6 Å². The molecule has 1 saturated heterocycles. The fourth-order valence-electron chi connectivity index (χ4n) is 5.11. The molecule has 1 aromatic rings. The van der Waals surface area contributed by atoms with Crippen molar-refractivity contribution in [2.24, 2.45) is 17.6 Å². The van der Waals surface area contributed by atoms with E-state index in [1.54, 1.807) is 11.3 Å². The summed E-state index contributed by atoms with van der Waals surface area (Å²) in [5, 5.41) is 3.67. The molecule has 5 nitrogen and oxygen atoms in total. The van der Waals surface area contributed by atoms with Crippen molar-refractivity contribution >= 4 is 28.2 Å². The van der Waals surface area contributed by atoms with Gasteiger partial charge >= 0.3 is 0 Å². The topological polar surface area (TPSA) is 76.6 Å². The molecular formula is C19H28N3O2S+. The van der Waals surface area contributed by atoms with Crippen LogP contribution < -0.4 is 16.0 Å². The third kappa shape index (κ3) is 3.47. The van der Waals surface area contributed by atoms with E-state index in [1.165, 1.54) is 41.9 Å². The molecule has 1 unspecified atom stereocenters. The van der Waals surface area contributed by atoms with Crippen molar-refractivity contribution in [1.29, 1.82) is 0 Å². The Labute approximate surface area is 153 Å². The van der Waals surface area contributed by atoms with Gasteiger partial charge in [0.1, 0.15) is 5.00 Å². The van der Waals surface area contributed by atoms with Crippen molar-refractivity contribution < 1.29 is 14.5 Å². The summed E-state index contributed by atoms with van der Waals surface area (Å²) in [6.07, 6.45) is 9.69. The van der Waals surface area contributed by atoms with Gasteiger partial charge in [-0.25, -0.2) is 0 Å². The number of carbonyl (C=O) groups excluding carboxylic acids is 2. The van der Waals surface area contributed by atoms with Gasteiger partial charge in [-0.05, 0) is 50.0 Å². The zero-order valence-electron chi connectivity index (χ0n) is 14.7. The van der Waals surface area contributed by atoms with Crippen molar-refractivity contribution in [3.63, 3.8) is 0 Å². The lowest BCUT2D eigenvalue weighted by Gasteiger charge is -2.38. The third-order valence-corrected chi connectivity index (χ3v) is 7.52. The molecule has 4 N–H and O–H groups in total. The first-order valence-corrected chi connectivity index (χ1v) is 10.5. The molecule has 2 aliphatic carbocycles. The highest BCUT2D eigenvalue weighted by molar-refractivity contribution is 7.17. The van der Waals surface area contributed by atoms with Gasteiger partial charge in [-0.1, -0.05) is 12.8 Å². The highest BCUT2D eigenvalue weighted by Gasteiger charge is 2.34. The van der Waals surface area contributed by atoms with Gasteiger partial charge in [0.2, 0.25) is 0 Å². The van der Waals surface area contributed by atoms with E-state index in [2.05, 4.69) is 5.32 Å². The number of amides is 2. The Morgan fingerprint density at radius 3 is 2.72 bits per heavy atom. The normalized spacial score (nSPS) is 28.2. The van der Waals surface area contributed by atoms with Gasteiger partial charge in [0.25, 0.3) is 11.8 Å². The quantitative estimate of drug-likeness (QED) is 0.757. The number of likely N-dealkylation sites (tertiary alicyclic amines) is 1. The standard InChI is InChI=1S/C19H27N3O2S/c20-18(24)17-14-6-3-7-15(14)25-19(17)21-16(23)11-22-9-8-12-4-1-2-5-13(12)10-22/h12-13H,1-11H2,(H2,20,24)(H,21,23)/p+1/t12-,13-/m0/s1. The van der Waals surface area contributed by atoms with Gasteiger partial charge < -0.3 is 16.0 Å². The van der Waals surface area contributed by atoms with E-state index < -0.39 is 5.91 Å². The second-order valence-electron chi connectivity index (χ2n) is 7.95. The molecular weight excluding hydrogens is 334 g/mol. The molecule has 0 radical (unpaired) electrons. The molecule has 4 rings (SSSR count). The Kier molecular flexibility index (Phi) is 4.82. The summed E-state index contributed by atoms with van der Waals surface area (Å²) in [4.78, 5) is 27.0. The Bertz CT molecular complexity index is 684. The monoisotopic (exact) mass is 362 g/mol. The molecule has 25 heavy (non-hydrogen) atoms. The summed E-state index contributed by atoms with van der Waals surface area (Å²) in [6.45, 7) is 2.73. The lowest BCUT2D eigenvalue weighted by atomic mass is 9.75. The first-order valence-electron chi connectivity index (χ1n) is 9.69. The van der Waals surface area contributed by atoms with Crippen LogP contribution >= 0.6 is 11.3 Å². The molecule has 2 heterocycles. The minimum Gasteiger partial charge on any atom is -0.365 e. The van der Waals surface area contributed by atoms with Gasteiger partial charge in [0, 0.05) is 10.8 Å². The van der Waals surface area contributed by atoms with Crippen LogP contribution in [0, 0.1) is 11.8 Å². The van der Waals surface area contributed by atoms with E-state index in [0.29, 0.717) is 17.1 Å². The Morgan fingerprint density at radius 2 is 1.92 bits per heavy atom.